The lowest BCUT2D eigenvalue weighted by atomic mass is 9.81. The number of nitrogens with one attached hydrogen (secondary N) is 1. The quantitative estimate of drug-likeness (QED) is 0.377. The van der Waals surface area contributed by atoms with Gasteiger partial charge in [0.2, 0.25) is 0 Å². The standard InChI is InChI=1S/C24H47NO4/c1-13-27-17-22(7,8)28-15-14-21(5,6)25-19(3)23(9,10)20(4)29-24(11,12)18(2)16-26/h16,18,20,25H,3,13-15,17H2,1-2,4-12H3. The molecule has 29 heavy (non-hydrogen) atoms. The van der Waals surface area contributed by atoms with Crippen molar-refractivity contribution in [3.8, 4) is 0 Å². The largest absolute Gasteiger partial charge is 0.383 e. The molecule has 0 aliphatic rings. The molecule has 0 bridgehead atoms. The summed E-state index contributed by atoms with van der Waals surface area (Å²) in [7, 11) is 0. The Hall–Kier alpha value is -0.910. The number of hydrogen-bond donors (Lipinski definition) is 1. The van der Waals surface area contributed by atoms with Gasteiger partial charge in [0.25, 0.3) is 0 Å². The molecule has 0 aromatic rings. The van der Waals surface area contributed by atoms with Gasteiger partial charge < -0.3 is 24.3 Å². The van der Waals surface area contributed by atoms with Gasteiger partial charge in [0.1, 0.15) is 6.29 Å². The van der Waals surface area contributed by atoms with Crippen LogP contribution in [0.3, 0.4) is 0 Å². The van der Waals surface area contributed by atoms with Crippen molar-refractivity contribution in [2.24, 2.45) is 11.3 Å². The minimum Gasteiger partial charge on any atom is -0.383 e. The molecule has 0 saturated carbocycles. The molecule has 1 N–H and O–H groups in total. The first-order valence-corrected chi connectivity index (χ1v) is 10.8. The molecule has 0 radical (unpaired) electrons. The van der Waals surface area contributed by atoms with Crippen molar-refractivity contribution in [3.63, 3.8) is 0 Å². The van der Waals surface area contributed by atoms with Gasteiger partial charge in [-0.1, -0.05) is 27.4 Å². The summed E-state index contributed by atoms with van der Waals surface area (Å²) in [5, 5.41) is 3.58. The lowest BCUT2D eigenvalue weighted by Crippen LogP contribution is -2.48. The van der Waals surface area contributed by atoms with Crippen LogP contribution in [-0.2, 0) is 19.0 Å². The Morgan fingerprint density at radius 1 is 1.07 bits per heavy atom. The SMILES string of the molecule is C=C(NC(C)(C)CCOC(C)(C)COCC)C(C)(C)C(C)OC(C)(C)C(C)C=O. The Kier molecular flexibility index (Phi) is 10.6. The number of carbonyl (C=O) groups excluding carboxylic acids is 1. The summed E-state index contributed by atoms with van der Waals surface area (Å²) >= 11 is 0. The lowest BCUT2D eigenvalue weighted by molar-refractivity contribution is -0.140. The molecule has 0 rings (SSSR count). The Balaban J connectivity index is 4.85. The molecule has 0 saturated heterocycles. The van der Waals surface area contributed by atoms with Crippen LogP contribution in [0.5, 0.6) is 0 Å². The second-order valence-corrected chi connectivity index (χ2v) is 10.5. The molecule has 0 heterocycles. The predicted octanol–water partition coefficient (Wildman–Crippen LogP) is 5.14. The number of aldehydes is 1. The van der Waals surface area contributed by atoms with Gasteiger partial charge in [0.05, 0.1) is 23.9 Å². The van der Waals surface area contributed by atoms with Crippen molar-refractivity contribution in [2.45, 2.75) is 105 Å². The molecule has 2 unspecified atom stereocenters. The van der Waals surface area contributed by atoms with Crippen molar-refractivity contribution in [1.82, 2.24) is 5.32 Å². The van der Waals surface area contributed by atoms with Crippen LogP contribution in [0.25, 0.3) is 0 Å². The van der Waals surface area contributed by atoms with E-state index in [1.54, 1.807) is 0 Å². The van der Waals surface area contributed by atoms with Crippen molar-refractivity contribution in [2.75, 3.05) is 19.8 Å². The minimum atomic E-state index is -0.534. The maximum Gasteiger partial charge on any atom is 0.125 e. The van der Waals surface area contributed by atoms with Crippen LogP contribution in [0.1, 0.15) is 82.6 Å². The van der Waals surface area contributed by atoms with Crippen molar-refractivity contribution in [3.05, 3.63) is 12.3 Å². The zero-order valence-electron chi connectivity index (χ0n) is 20.9. The third-order valence-electron chi connectivity index (χ3n) is 5.94. The highest BCUT2D eigenvalue weighted by Gasteiger charge is 2.38. The molecule has 0 aliphatic carbocycles. The highest BCUT2D eigenvalue weighted by atomic mass is 16.5. The van der Waals surface area contributed by atoms with Gasteiger partial charge in [-0.05, 0) is 61.8 Å². The second-order valence-electron chi connectivity index (χ2n) is 10.5. The molecule has 5 heteroatoms. The number of carbonyl (C=O) groups is 1. The van der Waals surface area contributed by atoms with E-state index in [0.717, 1.165) is 18.4 Å². The van der Waals surface area contributed by atoms with Crippen LogP contribution in [0, 0.1) is 11.3 Å². The molecule has 0 aromatic heterocycles. The molecular formula is C24H47NO4. The van der Waals surface area contributed by atoms with Crippen LogP contribution in [0.4, 0.5) is 0 Å². The van der Waals surface area contributed by atoms with Gasteiger partial charge in [-0.25, -0.2) is 0 Å². The fourth-order valence-electron chi connectivity index (χ4n) is 2.72. The maximum atomic E-state index is 11.2. The molecule has 5 nitrogen and oxygen atoms in total. The van der Waals surface area contributed by atoms with Gasteiger partial charge in [0, 0.05) is 35.8 Å². The van der Waals surface area contributed by atoms with Gasteiger partial charge >= 0.3 is 0 Å². The third-order valence-corrected chi connectivity index (χ3v) is 5.94. The van der Waals surface area contributed by atoms with Crippen LogP contribution in [0.15, 0.2) is 12.3 Å². The Morgan fingerprint density at radius 2 is 1.62 bits per heavy atom. The van der Waals surface area contributed by atoms with E-state index in [0.29, 0.717) is 19.8 Å². The molecule has 0 aromatic carbocycles. The number of hydrogen-bond acceptors (Lipinski definition) is 5. The topological polar surface area (TPSA) is 56.8 Å². The second kappa shape index (κ2) is 10.9. The molecule has 0 fully saturated rings. The van der Waals surface area contributed by atoms with Crippen LogP contribution >= 0.6 is 0 Å². The average molecular weight is 414 g/mol. The van der Waals surface area contributed by atoms with Crippen molar-refractivity contribution in [1.29, 1.82) is 0 Å². The fraction of sp³-hybridized carbons (Fsp3) is 0.875. The van der Waals surface area contributed by atoms with E-state index in [2.05, 4.69) is 39.6 Å². The fourth-order valence-corrected chi connectivity index (χ4v) is 2.72. The van der Waals surface area contributed by atoms with E-state index in [1.807, 2.05) is 48.5 Å². The van der Waals surface area contributed by atoms with Crippen LogP contribution in [-0.4, -0.2) is 49.0 Å². The van der Waals surface area contributed by atoms with E-state index in [9.17, 15) is 4.79 Å². The average Bonchev–Trinajstić information content (AvgIpc) is 2.57. The Bertz CT molecular complexity index is 523. The van der Waals surface area contributed by atoms with E-state index in [1.165, 1.54) is 0 Å². The minimum absolute atomic E-state index is 0.114. The van der Waals surface area contributed by atoms with E-state index in [-0.39, 0.29) is 28.6 Å². The molecule has 0 spiro atoms. The highest BCUT2D eigenvalue weighted by molar-refractivity contribution is 5.54. The highest BCUT2D eigenvalue weighted by Crippen LogP contribution is 2.35. The molecule has 0 amide bonds. The Morgan fingerprint density at radius 3 is 2.10 bits per heavy atom. The van der Waals surface area contributed by atoms with Gasteiger partial charge in [-0.2, -0.15) is 0 Å². The molecule has 0 aliphatic heterocycles. The monoisotopic (exact) mass is 413 g/mol. The molecule has 2 atom stereocenters. The summed E-state index contributed by atoms with van der Waals surface area (Å²) in [6.45, 7) is 28.7. The van der Waals surface area contributed by atoms with Crippen LogP contribution in [0.2, 0.25) is 0 Å². The lowest BCUT2D eigenvalue weighted by Gasteiger charge is -2.43. The molecule has 172 valence electrons. The van der Waals surface area contributed by atoms with E-state index >= 15 is 0 Å². The van der Waals surface area contributed by atoms with Crippen molar-refractivity contribution < 1.29 is 19.0 Å². The summed E-state index contributed by atoms with van der Waals surface area (Å²) in [5.41, 5.74) is -0.411. The Labute approximate surface area is 179 Å². The first kappa shape index (κ1) is 28.1. The normalized spacial score (nSPS) is 15.7. The predicted molar refractivity (Wildman–Crippen MR) is 121 cm³/mol. The first-order chi connectivity index (χ1) is 13.0. The van der Waals surface area contributed by atoms with E-state index < -0.39 is 5.60 Å². The van der Waals surface area contributed by atoms with Crippen molar-refractivity contribution >= 4 is 6.29 Å². The van der Waals surface area contributed by atoms with Crippen LogP contribution < -0.4 is 5.32 Å². The van der Waals surface area contributed by atoms with E-state index in [4.69, 9.17) is 14.2 Å². The first-order valence-electron chi connectivity index (χ1n) is 10.8. The van der Waals surface area contributed by atoms with Gasteiger partial charge in [-0.15, -0.1) is 0 Å². The summed E-state index contributed by atoms with van der Waals surface area (Å²) in [4.78, 5) is 11.2. The summed E-state index contributed by atoms with van der Waals surface area (Å²) in [6, 6.07) is 0. The third kappa shape index (κ3) is 9.63. The summed E-state index contributed by atoms with van der Waals surface area (Å²) in [5.74, 6) is -0.185. The molecular weight excluding hydrogens is 366 g/mol. The summed E-state index contributed by atoms with van der Waals surface area (Å²) in [6.07, 6.45) is 1.67. The smallest absolute Gasteiger partial charge is 0.125 e. The number of ether oxygens (including phenoxy) is 3. The van der Waals surface area contributed by atoms with Gasteiger partial charge in [-0.3, -0.25) is 0 Å². The maximum absolute atomic E-state index is 11.2. The summed E-state index contributed by atoms with van der Waals surface area (Å²) < 4.78 is 17.8. The van der Waals surface area contributed by atoms with Gasteiger partial charge in [0.15, 0.2) is 0 Å². The number of rotatable bonds is 15. The zero-order valence-corrected chi connectivity index (χ0v) is 20.9. The zero-order chi connectivity index (χ0) is 23.1.